The Kier molecular flexibility index (Phi) is 4.99. The molecular weight excluding hydrogens is 424 g/mol. The number of aromatic hydroxyl groups is 1. The van der Waals surface area contributed by atoms with E-state index in [1.807, 2.05) is 36.4 Å². The lowest BCUT2D eigenvalue weighted by molar-refractivity contribution is -0.122. The van der Waals surface area contributed by atoms with Crippen molar-refractivity contribution in [3.8, 4) is 17.2 Å². The van der Waals surface area contributed by atoms with E-state index in [2.05, 4.69) is 21.1 Å². The van der Waals surface area contributed by atoms with Gasteiger partial charge in [-0.15, -0.1) is 0 Å². The Balaban J connectivity index is 1.52. The number of anilines is 2. The number of rotatable bonds is 4. The number of hydrogen-bond donors (Lipinski definition) is 1. The van der Waals surface area contributed by atoms with Crippen LogP contribution in [0.15, 0.2) is 76.4 Å². The quantitative estimate of drug-likeness (QED) is 0.460. The van der Waals surface area contributed by atoms with E-state index in [9.17, 15) is 9.90 Å². The van der Waals surface area contributed by atoms with Crippen LogP contribution in [0.2, 0.25) is 0 Å². The van der Waals surface area contributed by atoms with Gasteiger partial charge in [0.05, 0.1) is 17.6 Å². The number of fused-ring (bicyclic) bond motifs is 2. The summed E-state index contributed by atoms with van der Waals surface area (Å²) >= 11 is 3.33. The fourth-order valence-corrected chi connectivity index (χ4v) is 3.23. The predicted molar refractivity (Wildman–Crippen MR) is 109 cm³/mol. The van der Waals surface area contributed by atoms with Crippen LogP contribution in [0.4, 0.5) is 11.4 Å². The standard InChI is InChI=1S/C21H15BrN2O4/c22-15-9-10-18(25)14(11-15)12-23-27-13-21(26)24-16-5-1-3-7-19(16)28-20-8-4-2-6-17(20)24/h1-12,25H,13H2/b23-12-. The van der Waals surface area contributed by atoms with Gasteiger partial charge < -0.3 is 14.7 Å². The molecule has 6 nitrogen and oxygen atoms in total. The molecule has 0 saturated carbocycles. The summed E-state index contributed by atoms with van der Waals surface area (Å²) in [7, 11) is 0. The first-order chi connectivity index (χ1) is 13.6. The highest BCUT2D eigenvalue weighted by Gasteiger charge is 2.28. The monoisotopic (exact) mass is 438 g/mol. The van der Waals surface area contributed by atoms with E-state index < -0.39 is 0 Å². The lowest BCUT2D eigenvalue weighted by Crippen LogP contribution is -2.31. The summed E-state index contributed by atoms with van der Waals surface area (Å²) in [6.45, 7) is -0.270. The Hall–Kier alpha value is -3.32. The molecule has 28 heavy (non-hydrogen) atoms. The molecule has 0 saturated heterocycles. The second kappa shape index (κ2) is 7.74. The summed E-state index contributed by atoms with van der Waals surface area (Å²) < 4.78 is 6.66. The Bertz CT molecular complexity index is 1020. The van der Waals surface area contributed by atoms with Gasteiger partial charge >= 0.3 is 0 Å². The molecule has 1 heterocycles. The van der Waals surface area contributed by atoms with Crippen molar-refractivity contribution in [3.05, 3.63) is 76.8 Å². The second-order valence-corrected chi connectivity index (χ2v) is 6.89. The number of hydrogen-bond acceptors (Lipinski definition) is 5. The smallest absolute Gasteiger partial charge is 0.272 e. The SMILES string of the molecule is O=C(CO/N=C\c1cc(Br)ccc1O)N1c2ccccc2Oc2ccccc21. The lowest BCUT2D eigenvalue weighted by Gasteiger charge is -2.30. The molecule has 4 rings (SSSR count). The van der Waals surface area contributed by atoms with Gasteiger partial charge in [-0.25, -0.2) is 0 Å². The fourth-order valence-electron chi connectivity index (χ4n) is 2.85. The number of oxime groups is 1. The summed E-state index contributed by atoms with van der Waals surface area (Å²) in [5.41, 5.74) is 1.76. The largest absolute Gasteiger partial charge is 0.507 e. The lowest BCUT2D eigenvalue weighted by atomic mass is 10.1. The Labute approximate surface area is 169 Å². The highest BCUT2D eigenvalue weighted by Crippen LogP contribution is 2.46. The molecular formula is C21H15BrN2O4. The summed E-state index contributed by atoms with van der Waals surface area (Å²) in [6, 6.07) is 19.6. The van der Waals surface area contributed by atoms with Gasteiger partial charge in [0.25, 0.3) is 5.91 Å². The van der Waals surface area contributed by atoms with Crippen LogP contribution in [-0.2, 0) is 9.63 Å². The molecule has 1 aliphatic heterocycles. The van der Waals surface area contributed by atoms with Crippen molar-refractivity contribution in [1.29, 1.82) is 0 Å². The van der Waals surface area contributed by atoms with Crippen LogP contribution in [0.1, 0.15) is 5.56 Å². The van der Waals surface area contributed by atoms with Crippen molar-refractivity contribution < 1.29 is 19.5 Å². The molecule has 0 aliphatic carbocycles. The number of phenolic OH excluding ortho intramolecular Hbond substituents is 1. The normalized spacial score (nSPS) is 12.2. The van der Waals surface area contributed by atoms with Crippen molar-refractivity contribution >= 4 is 39.4 Å². The minimum atomic E-state index is -0.293. The second-order valence-electron chi connectivity index (χ2n) is 5.98. The number of halogens is 1. The van der Waals surface area contributed by atoms with Gasteiger partial charge in [-0.2, -0.15) is 0 Å². The molecule has 3 aromatic carbocycles. The Morgan fingerprint density at radius 1 is 1.07 bits per heavy atom. The molecule has 0 radical (unpaired) electrons. The zero-order chi connectivity index (χ0) is 19.5. The molecule has 0 bridgehead atoms. The number of amides is 1. The molecule has 1 aliphatic rings. The molecule has 0 fully saturated rings. The first kappa shape index (κ1) is 18.1. The van der Waals surface area contributed by atoms with E-state index in [1.165, 1.54) is 12.3 Å². The summed E-state index contributed by atoms with van der Waals surface area (Å²) in [4.78, 5) is 19.6. The number of para-hydroxylation sites is 4. The zero-order valence-corrected chi connectivity index (χ0v) is 16.2. The molecule has 140 valence electrons. The number of carbonyl (C=O) groups is 1. The van der Waals surface area contributed by atoms with Crippen LogP contribution in [0, 0.1) is 0 Å². The Morgan fingerprint density at radius 2 is 1.71 bits per heavy atom. The predicted octanol–water partition coefficient (Wildman–Crippen LogP) is 4.98. The van der Waals surface area contributed by atoms with Gasteiger partial charge in [-0.3, -0.25) is 9.69 Å². The first-order valence-corrected chi connectivity index (χ1v) is 9.25. The molecule has 3 aromatic rings. The maximum atomic E-state index is 12.9. The van der Waals surface area contributed by atoms with E-state index in [4.69, 9.17) is 9.57 Å². The molecule has 0 spiro atoms. The highest BCUT2D eigenvalue weighted by atomic mass is 79.9. The molecule has 1 N–H and O–H groups in total. The number of ether oxygens (including phenoxy) is 1. The molecule has 1 amide bonds. The third kappa shape index (κ3) is 3.57. The van der Waals surface area contributed by atoms with Gasteiger partial charge in [0.1, 0.15) is 5.75 Å². The van der Waals surface area contributed by atoms with E-state index in [0.29, 0.717) is 28.4 Å². The van der Waals surface area contributed by atoms with Crippen LogP contribution >= 0.6 is 15.9 Å². The maximum Gasteiger partial charge on any atom is 0.272 e. The topological polar surface area (TPSA) is 71.4 Å². The minimum absolute atomic E-state index is 0.0675. The zero-order valence-electron chi connectivity index (χ0n) is 14.6. The van der Waals surface area contributed by atoms with Crippen molar-refractivity contribution in [2.45, 2.75) is 0 Å². The third-order valence-electron chi connectivity index (χ3n) is 4.13. The van der Waals surface area contributed by atoms with E-state index in [1.54, 1.807) is 29.2 Å². The van der Waals surface area contributed by atoms with Crippen LogP contribution in [0.25, 0.3) is 0 Å². The molecule has 0 unspecified atom stereocenters. The third-order valence-corrected chi connectivity index (χ3v) is 4.62. The van der Waals surface area contributed by atoms with Crippen molar-refractivity contribution in [2.75, 3.05) is 11.5 Å². The average molecular weight is 439 g/mol. The summed E-state index contributed by atoms with van der Waals surface area (Å²) in [5.74, 6) is 0.964. The Morgan fingerprint density at radius 3 is 2.39 bits per heavy atom. The fraction of sp³-hybridized carbons (Fsp3) is 0.0476. The summed E-state index contributed by atoms with van der Waals surface area (Å²) in [6.07, 6.45) is 1.36. The van der Waals surface area contributed by atoms with Crippen molar-refractivity contribution in [3.63, 3.8) is 0 Å². The number of nitrogens with zero attached hydrogens (tertiary/aromatic N) is 2. The van der Waals surface area contributed by atoms with Gasteiger partial charge in [0.2, 0.25) is 0 Å². The molecule has 7 heteroatoms. The molecule has 0 aromatic heterocycles. The minimum Gasteiger partial charge on any atom is -0.507 e. The van der Waals surface area contributed by atoms with Gasteiger partial charge in [0.15, 0.2) is 18.1 Å². The van der Waals surface area contributed by atoms with E-state index >= 15 is 0 Å². The number of carbonyl (C=O) groups excluding carboxylic acids is 1. The average Bonchev–Trinajstić information content (AvgIpc) is 2.71. The maximum absolute atomic E-state index is 12.9. The number of benzene rings is 3. The van der Waals surface area contributed by atoms with E-state index in [-0.39, 0.29) is 18.3 Å². The summed E-state index contributed by atoms with van der Waals surface area (Å²) in [5, 5.41) is 13.6. The van der Waals surface area contributed by atoms with Crippen LogP contribution in [0.5, 0.6) is 17.2 Å². The molecule has 0 atom stereocenters. The van der Waals surface area contributed by atoms with E-state index in [0.717, 1.165) is 4.47 Å². The van der Waals surface area contributed by atoms with Gasteiger partial charge in [0, 0.05) is 10.0 Å². The van der Waals surface area contributed by atoms with Crippen molar-refractivity contribution in [1.82, 2.24) is 0 Å². The van der Waals surface area contributed by atoms with Crippen molar-refractivity contribution in [2.24, 2.45) is 5.16 Å². The van der Waals surface area contributed by atoms with Crippen LogP contribution in [-0.4, -0.2) is 23.8 Å². The highest BCUT2D eigenvalue weighted by molar-refractivity contribution is 9.10. The van der Waals surface area contributed by atoms with Crippen LogP contribution in [0.3, 0.4) is 0 Å². The van der Waals surface area contributed by atoms with Gasteiger partial charge in [-0.05, 0) is 42.5 Å². The van der Waals surface area contributed by atoms with Crippen LogP contribution < -0.4 is 9.64 Å². The first-order valence-electron chi connectivity index (χ1n) is 8.46. The number of phenols is 1. The van der Waals surface area contributed by atoms with Gasteiger partial charge in [-0.1, -0.05) is 45.4 Å².